The van der Waals surface area contributed by atoms with Gasteiger partial charge in [-0.1, -0.05) is 50.2 Å². The summed E-state index contributed by atoms with van der Waals surface area (Å²) in [6.45, 7) is 6.23. The third-order valence-electron chi connectivity index (χ3n) is 5.72. The molecule has 3 aromatic carbocycles. The molecule has 0 aromatic heterocycles. The van der Waals surface area contributed by atoms with Crippen LogP contribution < -0.4 is 15.0 Å². The molecule has 174 valence electrons. The molecule has 1 aliphatic heterocycles. The van der Waals surface area contributed by atoms with E-state index in [2.05, 4.69) is 31.3 Å². The van der Waals surface area contributed by atoms with E-state index in [9.17, 15) is 14.0 Å². The van der Waals surface area contributed by atoms with Gasteiger partial charge in [-0.2, -0.15) is 0 Å². The summed E-state index contributed by atoms with van der Waals surface area (Å²) in [6.07, 6.45) is 2.59. The fraction of sp³-hybridized carbons (Fsp3) is 0.214. The fourth-order valence-corrected chi connectivity index (χ4v) is 3.77. The SMILES string of the molecule is CC1Oc2ccc(NC(=O)/C=C/c3ccc(C(C)C)cc3)cc2N(Cc2ccc(F)cc2)C1=O. The van der Waals surface area contributed by atoms with Gasteiger partial charge in [-0.3, -0.25) is 9.59 Å². The van der Waals surface area contributed by atoms with Crippen molar-refractivity contribution in [2.24, 2.45) is 0 Å². The van der Waals surface area contributed by atoms with Gasteiger partial charge in [0.05, 0.1) is 12.2 Å². The van der Waals surface area contributed by atoms with Crippen molar-refractivity contribution in [3.63, 3.8) is 0 Å². The number of carbonyl (C=O) groups is 2. The summed E-state index contributed by atoms with van der Waals surface area (Å²) in [6, 6.07) is 19.3. The topological polar surface area (TPSA) is 58.6 Å². The van der Waals surface area contributed by atoms with E-state index < -0.39 is 6.10 Å². The number of anilines is 2. The van der Waals surface area contributed by atoms with Gasteiger partial charge in [0, 0.05) is 11.8 Å². The molecule has 0 fully saturated rings. The zero-order valence-electron chi connectivity index (χ0n) is 19.4. The Kier molecular flexibility index (Phi) is 6.77. The first-order valence-corrected chi connectivity index (χ1v) is 11.3. The predicted molar refractivity (Wildman–Crippen MR) is 132 cm³/mol. The molecule has 34 heavy (non-hydrogen) atoms. The minimum absolute atomic E-state index is 0.204. The Labute approximate surface area is 198 Å². The molecule has 1 unspecified atom stereocenters. The summed E-state index contributed by atoms with van der Waals surface area (Å²) in [4.78, 5) is 26.9. The second-order valence-electron chi connectivity index (χ2n) is 8.64. The van der Waals surface area contributed by atoms with Crippen molar-refractivity contribution in [3.8, 4) is 5.75 Å². The zero-order chi connectivity index (χ0) is 24.2. The van der Waals surface area contributed by atoms with E-state index in [-0.39, 0.29) is 24.2 Å². The van der Waals surface area contributed by atoms with E-state index in [1.165, 1.54) is 23.8 Å². The van der Waals surface area contributed by atoms with Crippen molar-refractivity contribution in [1.82, 2.24) is 0 Å². The molecule has 1 aliphatic rings. The van der Waals surface area contributed by atoms with Crippen molar-refractivity contribution in [1.29, 1.82) is 0 Å². The summed E-state index contributed by atoms with van der Waals surface area (Å²) in [5.41, 5.74) is 4.06. The molecule has 1 heterocycles. The molecular formula is C28H27FN2O3. The van der Waals surface area contributed by atoms with Crippen LogP contribution >= 0.6 is 0 Å². The van der Waals surface area contributed by atoms with E-state index in [0.29, 0.717) is 23.0 Å². The zero-order valence-corrected chi connectivity index (χ0v) is 19.4. The van der Waals surface area contributed by atoms with Crippen molar-refractivity contribution < 1.29 is 18.7 Å². The fourth-order valence-electron chi connectivity index (χ4n) is 3.77. The Morgan fingerprint density at radius 1 is 1.09 bits per heavy atom. The molecule has 6 heteroatoms. The van der Waals surface area contributed by atoms with Crippen LogP contribution in [0.15, 0.2) is 72.8 Å². The number of hydrogen-bond acceptors (Lipinski definition) is 3. The van der Waals surface area contributed by atoms with Crippen molar-refractivity contribution in [2.45, 2.75) is 39.3 Å². The summed E-state index contributed by atoms with van der Waals surface area (Å²) < 4.78 is 19.0. The first-order valence-electron chi connectivity index (χ1n) is 11.3. The average molecular weight is 459 g/mol. The van der Waals surface area contributed by atoms with Crippen LogP contribution in [-0.2, 0) is 16.1 Å². The standard InChI is InChI=1S/C28H27FN2O3/c1-18(2)22-9-4-20(5-10-22)8-15-27(32)30-24-13-14-26-25(16-24)31(28(33)19(3)34-26)17-21-6-11-23(29)12-7-21/h4-16,18-19H,17H2,1-3H3,(H,30,32)/b15-8+. The van der Waals surface area contributed by atoms with Crippen LogP contribution in [-0.4, -0.2) is 17.9 Å². The van der Waals surface area contributed by atoms with Crippen LogP contribution in [0.25, 0.3) is 6.08 Å². The lowest BCUT2D eigenvalue weighted by atomic mass is 10.0. The van der Waals surface area contributed by atoms with Crippen LogP contribution in [0, 0.1) is 5.82 Å². The Balaban J connectivity index is 1.50. The molecule has 0 spiro atoms. The summed E-state index contributed by atoms with van der Waals surface area (Å²) in [7, 11) is 0. The van der Waals surface area contributed by atoms with Crippen molar-refractivity contribution >= 4 is 29.3 Å². The highest BCUT2D eigenvalue weighted by Crippen LogP contribution is 2.37. The van der Waals surface area contributed by atoms with Crippen molar-refractivity contribution in [2.75, 3.05) is 10.2 Å². The second kappa shape index (κ2) is 9.91. The molecule has 1 N–H and O–H groups in total. The monoisotopic (exact) mass is 458 g/mol. The molecule has 0 bridgehead atoms. The van der Waals surface area contributed by atoms with Crippen LogP contribution in [0.3, 0.4) is 0 Å². The lowest BCUT2D eigenvalue weighted by molar-refractivity contribution is -0.125. The van der Waals surface area contributed by atoms with E-state index in [4.69, 9.17) is 4.74 Å². The molecule has 0 radical (unpaired) electrons. The number of rotatable bonds is 6. The first-order chi connectivity index (χ1) is 16.3. The third kappa shape index (κ3) is 5.34. The van der Waals surface area contributed by atoms with E-state index in [1.807, 2.05) is 12.1 Å². The van der Waals surface area contributed by atoms with Gasteiger partial charge in [-0.15, -0.1) is 0 Å². The number of carbonyl (C=O) groups excluding carboxylic acids is 2. The highest BCUT2D eigenvalue weighted by Gasteiger charge is 2.31. The maximum absolute atomic E-state index is 13.3. The van der Waals surface area contributed by atoms with Crippen LogP contribution in [0.5, 0.6) is 5.75 Å². The molecule has 2 amide bonds. The van der Waals surface area contributed by atoms with Gasteiger partial charge in [0.25, 0.3) is 5.91 Å². The van der Waals surface area contributed by atoms with Gasteiger partial charge >= 0.3 is 0 Å². The number of halogens is 1. The van der Waals surface area contributed by atoms with E-state index in [0.717, 1.165) is 11.1 Å². The molecule has 5 nitrogen and oxygen atoms in total. The highest BCUT2D eigenvalue weighted by atomic mass is 19.1. The lowest BCUT2D eigenvalue weighted by Gasteiger charge is -2.33. The minimum Gasteiger partial charge on any atom is -0.479 e. The summed E-state index contributed by atoms with van der Waals surface area (Å²) in [5.74, 6) is 0.180. The Bertz CT molecular complexity index is 1220. The third-order valence-corrected chi connectivity index (χ3v) is 5.72. The van der Waals surface area contributed by atoms with Gasteiger partial charge in [0.15, 0.2) is 6.10 Å². The molecule has 1 atom stereocenters. The van der Waals surface area contributed by atoms with Gasteiger partial charge in [-0.05, 0) is 65.9 Å². The van der Waals surface area contributed by atoms with Gasteiger partial charge in [-0.25, -0.2) is 4.39 Å². The maximum Gasteiger partial charge on any atom is 0.268 e. The van der Waals surface area contributed by atoms with E-state index >= 15 is 0 Å². The van der Waals surface area contributed by atoms with Crippen LogP contribution in [0.4, 0.5) is 15.8 Å². The molecule has 3 aromatic rings. The predicted octanol–water partition coefficient (Wildman–Crippen LogP) is 5.92. The average Bonchev–Trinajstić information content (AvgIpc) is 2.82. The van der Waals surface area contributed by atoms with Gasteiger partial charge < -0.3 is 15.0 Å². The lowest BCUT2D eigenvalue weighted by Crippen LogP contribution is -2.44. The Morgan fingerprint density at radius 3 is 2.47 bits per heavy atom. The number of benzene rings is 3. The molecule has 0 aliphatic carbocycles. The largest absolute Gasteiger partial charge is 0.479 e. The number of hydrogen-bond donors (Lipinski definition) is 1. The number of ether oxygens (including phenoxy) is 1. The smallest absolute Gasteiger partial charge is 0.268 e. The summed E-state index contributed by atoms with van der Waals surface area (Å²) >= 11 is 0. The van der Waals surface area contributed by atoms with Gasteiger partial charge in [0.1, 0.15) is 11.6 Å². The Morgan fingerprint density at radius 2 is 1.79 bits per heavy atom. The number of amides is 2. The number of nitrogens with one attached hydrogen (secondary N) is 1. The molecule has 0 saturated heterocycles. The number of fused-ring (bicyclic) bond motifs is 1. The van der Waals surface area contributed by atoms with Gasteiger partial charge in [0.2, 0.25) is 5.91 Å². The van der Waals surface area contributed by atoms with Crippen molar-refractivity contribution in [3.05, 3.63) is 95.3 Å². The Hall–Kier alpha value is -3.93. The van der Waals surface area contributed by atoms with Crippen LogP contribution in [0.1, 0.15) is 43.4 Å². The molecule has 0 saturated carbocycles. The highest BCUT2D eigenvalue weighted by molar-refractivity contribution is 6.04. The first kappa shape index (κ1) is 23.2. The number of nitrogens with zero attached hydrogens (tertiary/aromatic N) is 1. The maximum atomic E-state index is 13.3. The molecule has 4 rings (SSSR count). The summed E-state index contributed by atoms with van der Waals surface area (Å²) in [5, 5.41) is 2.84. The molecular weight excluding hydrogens is 431 g/mol. The van der Waals surface area contributed by atoms with E-state index in [1.54, 1.807) is 48.2 Å². The second-order valence-corrected chi connectivity index (χ2v) is 8.64. The normalized spacial score (nSPS) is 15.4. The quantitative estimate of drug-likeness (QED) is 0.467. The van der Waals surface area contributed by atoms with Crippen LogP contribution in [0.2, 0.25) is 0 Å². The minimum atomic E-state index is -0.640.